The first-order valence-corrected chi connectivity index (χ1v) is 6.37. The molecule has 0 aromatic carbocycles. The number of pyridine rings is 1. The highest BCUT2D eigenvalue weighted by molar-refractivity contribution is 7.18. The van der Waals surface area contributed by atoms with Crippen LogP contribution in [-0.4, -0.2) is 9.97 Å². The van der Waals surface area contributed by atoms with Gasteiger partial charge in [-0.2, -0.15) is 5.26 Å². The number of nitrogens with zero attached hydrogens (tertiary/aromatic N) is 3. The predicted octanol–water partition coefficient (Wildman–Crippen LogP) is 2.90. The number of aromatic nitrogens is 2. The number of aryl methyl sites for hydroxylation is 1. The Balaban J connectivity index is 2.52. The molecular formula is C13H14N4S. The van der Waals surface area contributed by atoms with E-state index in [0.717, 1.165) is 21.8 Å². The summed E-state index contributed by atoms with van der Waals surface area (Å²) in [5, 5.41) is 9.70. The maximum atomic E-state index is 9.15. The summed E-state index contributed by atoms with van der Waals surface area (Å²) in [6.45, 7) is 5.64. The number of hydrogen-bond acceptors (Lipinski definition) is 5. The van der Waals surface area contributed by atoms with Gasteiger partial charge in [0.05, 0.1) is 27.7 Å². The first kappa shape index (κ1) is 12.5. The molecule has 0 unspecified atom stereocenters. The molecule has 0 bridgehead atoms. The van der Waals surface area contributed by atoms with Gasteiger partial charge in [0.2, 0.25) is 0 Å². The fraction of sp³-hybridized carbons (Fsp3) is 0.308. The summed E-state index contributed by atoms with van der Waals surface area (Å²) in [7, 11) is 0. The van der Waals surface area contributed by atoms with Crippen molar-refractivity contribution in [1.29, 1.82) is 5.26 Å². The molecule has 2 N–H and O–H groups in total. The average Bonchev–Trinajstić information content (AvgIpc) is 2.69. The van der Waals surface area contributed by atoms with E-state index in [1.165, 1.54) is 11.3 Å². The predicted molar refractivity (Wildman–Crippen MR) is 73.1 cm³/mol. The van der Waals surface area contributed by atoms with Crippen molar-refractivity contribution in [3.63, 3.8) is 0 Å². The Kier molecular flexibility index (Phi) is 3.05. The number of nitrogens with two attached hydrogens (primary N) is 1. The Labute approximate surface area is 110 Å². The molecule has 0 saturated heterocycles. The van der Waals surface area contributed by atoms with E-state index >= 15 is 0 Å². The highest BCUT2D eigenvalue weighted by atomic mass is 32.1. The molecule has 0 aliphatic heterocycles. The molecule has 0 spiro atoms. The van der Waals surface area contributed by atoms with Crippen molar-refractivity contribution in [1.82, 2.24) is 9.97 Å². The second kappa shape index (κ2) is 4.39. The van der Waals surface area contributed by atoms with Crippen molar-refractivity contribution in [3.05, 3.63) is 29.7 Å². The highest BCUT2D eigenvalue weighted by Gasteiger charge is 2.22. The molecule has 2 heterocycles. The van der Waals surface area contributed by atoms with Crippen LogP contribution in [0.15, 0.2) is 18.3 Å². The van der Waals surface area contributed by atoms with Crippen molar-refractivity contribution >= 4 is 16.5 Å². The van der Waals surface area contributed by atoms with Crippen molar-refractivity contribution in [2.75, 3.05) is 5.73 Å². The van der Waals surface area contributed by atoms with Gasteiger partial charge in [-0.3, -0.25) is 4.98 Å². The Bertz CT molecular complexity index is 622. The monoisotopic (exact) mass is 258 g/mol. The Morgan fingerprint density at radius 1 is 1.44 bits per heavy atom. The number of hydrogen-bond donors (Lipinski definition) is 1. The minimum atomic E-state index is -0.597. The molecule has 0 atom stereocenters. The second-order valence-electron chi connectivity index (χ2n) is 4.63. The molecule has 0 amide bonds. The minimum absolute atomic E-state index is 0.556. The lowest BCUT2D eigenvalue weighted by molar-refractivity contribution is 0.660. The van der Waals surface area contributed by atoms with Crippen LogP contribution in [0.4, 0.5) is 5.13 Å². The second-order valence-corrected chi connectivity index (χ2v) is 5.66. The Morgan fingerprint density at radius 3 is 2.72 bits per heavy atom. The SMILES string of the molecule is Cc1nc(N)sc1-c1ccnc(C(C)(C)C#N)c1. The third kappa shape index (κ3) is 2.20. The van der Waals surface area contributed by atoms with E-state index in [9.17, 15) is 0 Å². The molecule has 0 fully saturated rings. The number of nitriles is 1. The summed E-state index contributed by atoms with van der Waals surface area (Å²) < 4.78 is 0. The number of rotatable bonds is 2. The summed E-state index contributed by atoms with van der Waals surface area (Å²) in [5.74, 6) is 0. The van der Waals surface area contributed by atoms with Crippen LogP contribution in [0.25, 0.3) is 10.4 Å². The molecule has 0 saturated carbocycles. The van der Waals surface area contributed by atoms with Gasteiger partial charge in [-0.05, 0) is 38.5 Å². The minimum Gasteiger partial charge on any atom is -0.375 e. The maximum Gasteiger partial charge on any atom is 0.180 e. The van der Waals surface area contributed by atoms with E-state index in [2.05, 4.69) is 16.0 Å². The fourth-order valence-electron chi connectivity index (χ4n) is 1.66. The summed E-state index contributed by atoms with van der Waals surface area (Å²) in [5.41, 5.74) is 7.78. The largest absolute Gasteiger partial charge is 0.375 e. The van der Waals surface area contributed by atoms with Crippen molar-refractivity contribution in [2.24, 2.45) is 0 Å². The summed E-state index contributed by atoms with van der Waals surface area (Å²) in [6, 6.07) is 6.10. The lowest BCUT2D eigenvalue weighted by Crippen LogP contribution is -2.15. The molecule has 0 aliphatic rings. The van der Waals surface area contributed by atoms with Crippen LogP contribution in [0.1, 0.15) is 25.2 Å². The van der Waals surface area contributed by atoms with Crippen LogP contribution in [0.2, 0.25) is 0 Å². The van der Waals surface area contributed by atoms with Gasteiger partial charge >= 0.3 is 0 Å². The van der Waals surface area contributed by atoms with E-state index in [-0.39, 0.29) is 0 Å². The summed E-state index contributed by atoms with van der Waals surface area (Å²) in [6.07, 6.45) is 1.72. The Morgan fingerprint density at radius 2 is 2.17 bits per heavy atom. The van der Waals surface area contributed by atoms with Gasteiger partial charge in [0.1, 0.15) is 0 Å². The standard InChI is InChI=1S/C13H14N4S/c1-8-11(18-12(15)17-8)9-4-5-16-10(6-9)13(2,3)7-14/h4-6H,1-3H3,(H2,15,17). The third-order valence-corrected chi connectivity index (χ3v) is 3.79. The van der Waals surface area contributed by atoms with E-state index in [1.807, 2.05) is 32.9 Å². The van der Waals surface area contributed by atoms with Crippen LogP contribution in [0.3, 0.4) is 0 Å². The van der Waals surface area contributed by atoms with Crippen LogP contribution in [-0.2, 0) is 5.41 Å². The molecular weight excluding hydrogens is 244 g/mol. The van der Waals surface area contributed by atoms with E-state index < -0.39 is 5.41 Å². The van der Waals surface area contributed by atoms with Gasteiger partial charge in [-0.25, -0.2) is 4.98 Å². The third-order valence-electron chi connectivity index (χ3n) is 2.76. The molecule has 0 radical (unpaired) electrons. The zero-order valence-corrected chi connectivity index (χ0v) is 11.4. The average molecular weight is 258 g/mol. The Hall–Kier alpha value is -1.93. The number of thiazole rings is 1. The molecule has 2 rings (SSSR count). The lowest BCUT2D eigenvalue weighted by Gasteiger charge is -2.14. The van der Waals surface area contributed by atoms with Gasteiger partial charge in [-0.1, -0.05) is 11.3 Å². The first-order valence-electron chi connectivity index (χ1n) is 5.55. The zero-order chi connectivity index (χ0) is 13.3. The smallest absolute Gasteiger partial charge is 0.180 e. The van der Waals surface area contributed by atoms with Crippen LogP contribution in [0.5, 0.6) is 0 Å². The van der Waals surface area contributed by atoms with E-state index in [0.29, 0.717) is 5.13 Å². The van der Waals surface area contributed by atoms with Crippen molar-refractivity contribution in [3.8, 4) is 16.5 Å². The zero-order valence-electron chi connectivity index (χ0n) is 10.6. The molecule has 0 aliphatic carbocycles. The van der Waals surface area contributed by atoms with E-state index in [4.69, 9.17) is 11.0 Å². The molecule has 4 nitrogen and oxygen atoms in total. The molecule has 92 valence electrons. The normalized spacial score (nSPS) is 11.2. The summed E-state index contributed by atoms with van der Waals surface area (Å²) in [4.78, 5) is 9.52. The molecule has 18 heavy (non-hydrogen) atoms. The van der Waals surface area contributed by atoms with Gasteiger partial charge in [-0.15, -0.1) is 0 Å². The highest BCUT2D eigenvalue weighted by Crippen LogP contribution is 2.32. The van der Waals surface area contributed by atoms with Crippen molar-refractivity contribution in [2.45, 2.75) is 26.2 Å². The molecule has 5 heteroatoms. The van der Waals surface area contributed by atoms with Gasteiger partial charge < -0.3 is 5.73 Å². The maximum absolute atomic E-state index is 9.15. The van der Waals surface area contributed by atoms with Crippen molar-refractivity contribution < 1.29 is 0 Å². The van der Waals surface area contributed by atoms with Crippen LogP contribution >= 0.6 is 11.3 Å². The topological polar surface area (TPSA) is 75.6 Å². The quantitative estimate of drug-likeness (QED) is 0.898. The molecule has 2 aromatic heterocycles. The first-order chi connectivity index (χ1) is 8.44. The van der Waals surface area contributed by atoms with E-state index in [1.54, 1.807) is 6.20 Å². The number of anilines is 1. The molecule has 2 aromatic rings. The number of nitrogen functional groups attached to an aromatic ring is 1. The van der Waals surface area contributed by atoms with Gasteiger partial charge in [0, 0.05) is 6.20 Å². The lowest BCUT2D eigenvalue weighted by atomic mass is 9.90. The van der Waals surface area contributed by atoms with Gasteiger partial charge in [0.15, 0.2) is 5.13 Å². The fourth-order valence-corrected chi connectivity index (χ4v) is 2.49. The van der Waals surface area contributed by atoms with Gasteiger partial charge in [0.25, 0.3) is 0 Å². The van der Waals surface area contributed by atoms with Crippen LogP contribution < -0.4 is 5.73 Å². The summed E-state index contributed by atoms with van der Waals surface area (Å²) >= 11 is 1.45. The van der Waals surface area contributed by atoms with Crippen LogP contribution in [0, 0.1) is 18.3 Å².